The fraction of sp³-hybridized carbons (Fsp3) is 0.857. The van der Waals surface area contributed by atoms with Crippen LogP contribution in [-0.2, 0) is 4.74 Å². The van der Waals surface area contributed by atoms with Crippen molar-refractivity contribution < 1.29 is 17.9 Å². The smallest absolute Gasteiger partial charge is 0.379 e. The summed E-state index contributed by atoms with van der Waals surface area (Å²) in [6, 6.07) is 0. The molecule has 0 radical (unpaired) electrons. The molecular formula is C14H23F3OS2. The van der Waals surface area contributed by atoms with Crippen molar-refractivity contribution in [2.24, 2.45) is 11.8 Å². The lowest BCUT2D eigenvalue weighted by molar-refractivity contribution is -0.0572. The van der Waals surface area contributed by atoms with Crippen LogP contribution >= 0.6 is 24.4 Å². The van der Waals surface area contributed by atoms with Crippen molar-refractivity contribution >= 4 is 34.2 Å². The first-order valence-electron chi connectivity index (χ1n) is 6.82. The second-order valence-electron chi connectivity index (χ2n) is 5.17. The van der Waals surface area contributed by atoms with E-state index in [1.54, 1.807) is 0 Å². The second kappa shape index (κ2) is 9.05. The van der Waals surface area contributed by atoms with Gasteiger partial charge in [0.05, 0.1) is 6.10 Å². The molecule has 0 aliphatic heterocycles. The fourth-order valence-corrected chi connectivity index (χ4v) is 2.42. The lowest BCUT2D eigenvalue weighted by Crippen LogP contribution is -2.25. The number of hydrogen-bond acceptors (Lipinski definition) is 3. The van der Waals surface area contributed by atoms with Crippen molar-refractivity contribution in [3.8, 4) is 0 Å². The van der Waals surface area contributed by atoms with E-state index in [0.717, 1.165) is 6.42 Å². The number of hydrogen-bond donors (Lipinski definition) is 0. The van der Waals surface area contributed by atoms with Crippen molar-refractivity contribution in [3.63, 3.8) is 0 Å². The summed E-state index contributed by atoms with van der Waals surface area (Å²) in [6.07, 6.45) is -3.33. The second-order valence-corrected chi connectivity index (χ2v) is 6.24. The van der Waals surface area contributed by atoms with E-state index in [1.807, 2.05) is 13.8 Å². The van der Waals surface area contributed by atoms with Crippen LogP contribution in [0.5, 0.6) is 0 Å². The molecular weight excluding hydrogens is 305 g/mol. The minimum atomic E-state index is -4.41. The van der Waals surface area contributed by atoms with Crippen molar-refractivity contribution in [2.45, 2.75) is 59.2 Å². The average Bonchev–Trinajstić information content (AvgIpc) is 2.34. The molecule has 0 aromatic carbocycles. The van der Waals surface area contributed by atoms with Crippen molar-refractivity contribution in [3.05, 3.63) is 0 Å². The summed E-state index contributed by atoms with van der Waals surface area (Å²) in [4.78, 5) is -0.540. The summed E-state index contributed by atoms with van der Waals surface area (Å²) >= 11 is 9.34. The summed E-state index contributed by atoms with van der Waals surface area (Å²) in [7, 11) is 0. The maximum atomic E-state index is 12.3. The van der Waals surface area contributed by atoms with Gasteiger partial charge in [-0.15, -0.1) is 0 Å². The molecule has 0 aliphatic rings. The van der Waals surface area contributed by atoms with Gasteiger partial charge in [0.25, 0.3) is 0 Å². The minimum absolute atomic E-state index is 0.139. The number of alkyl halides is 3. The van der Waals surface area contributed by atoms with Gasteiger partial charge in [0.1, 0.15) is 4.86 Å². The number of ether oxygens (including phenoxy) is 1. The topological polar surface area (TPSA) is 9.23 Å². The van der Waals surface area contributed by atoms with Crippen LogP contribution in [0, 0.1) is 11.8 Å². The van der Waals surface area contributed by atoms with Gasteiger partial charge in [0.15, 0.2) is 0 Å². The van der Waals surface area contributed by atoms with Crippen molar-refractivity contribution in [2.75, 3.05) is 6.61 Å². The maximum absolute atomic E-state index is 12.3. The third kappa shape index (κ3) is 7.64. The minimum Gasteiger partial charge on any atom is -0.379 e. The highest BCUT2D eigenvalue weighted by atomic mass is 32.1. The molecule has 0 fully saturated rings. The Morgan fingerprint density at radius 3 is 2.15 bits per heavy atom. The van der Waals surface area contributed by atoms with Crippen LogP contribution in [0.1, 0.15) is 47.0 Å². The largest absolute Gasteiger partial charge is 0.422 e. The molecule has 0 saturated heterocycles. The lowest BCUT2D eigenvalue weighted by Gasteiger charge is -2.26. The van der Waals surface area contributed by atoms with Crippen LogP contribution in [0.2, 0.25) is 0 Å². The zero-order valence-electron chi connectivity index (χ0n) is 12.4. The van der Waals surface area contributed by atoms with Crippen LogP contribution in [0.25, 0.3) is 0 Å². The Morgan fingerprint density at radius 1 is 1.15 bits per heavy atom. The van der Waals surface area contributed by atoms with Gasteiger partial charge in [-0.1, -0.05) is 38.3 Å². The van der Waals surface area contributed by atoms with Gasteiger partial charge in [-0.3, -0.25) is 0 Å². The third-order valence-corrected chi connectivity index (χ3v) is 4.34. The van der Waals surface area contributed by atoms with E-state index in [9.17, 15) is 13.2 Å². The molecule has 3 unspecified atom stereocenters. The molecule has 0 rings (SSSR count). The molecule has 3 atom stereocenters. The predicted molar refractivity (Wildman–Crippen MR) is 84.5 cm³/mol. The highest BCUT2D eigenvalue weighted by molar-refractivity contribution is 7.82. The molecule has 0 aromatic rings. The molecule has 0 N–H and O–H groups in total. The Labute approximate surface area is 130 Å². The molecule has 0 aliphatic carbocycles. The average molecular weight is 328 g/mol. The standard InChI is InChI=1S/C14H23F3OS2/c1-5-18-11(4)10(3)9(2)6-7-12(19)8-13(20)14(15,16)17/h9-11H,5-8H2,1-4H3. The molecule has 0 bridgehead atoms. The summed E-state index contributed by atoms with van der Waals surface area (Å²) in [5.74, 6) is 0.682. The first-order valence-corrected chi connectivity index (χ1v) is 7.64. The Bertz CT molecular complexity index is 329. The first-order chi connectivity index (χ1) is 9.09. The van der Waals surface area contributed by atoms with Crippen LogP contribution in [0.15, 0.2) is 0 Å². The number of halogens is 3. The molecule has 0 spiro atoms. The van der Waals surface area contributed by atoms with Crippen LogP contribution in [-0.4, -0.2) is 28.6 Å². The number of rotatable bonds is 9. The Balaban J connectivity index is 4.15. The Morgan fingerprint density at radius 2 is 1.70 bits per heavy atom. The van der Waals surface area contributed by atoms with Gasteiger partial charge in [-0.05, 0) is 43.4 Å². The molecule has 6 heteroatoms. The normalized spacial score (nSPS) is 16.6. The van der Waals surface area contributed by atoms with Gasteiger partial charge in [-0.25, -0.2) is 0 Å². The van der Waals surface area contributed by atoms with E-state index in [2.05, 4.69) is 26.1 Å². The van der Waals surface area contributed by atoms with E-state index in [4.69, 9.17) is 17.0 Å². The van der Waals surface area contributed by atoms with Gasteiger partial charge in [0, 0.05) is 13.0 Å². The quantitative estimate of drug-likeness (QED) is 0.541. The SMILES string of the molecule is CCOC(C)C(C)C(C)CCC(=S)CC(=S)C(F)(F)F. The van der Waals surface area contributed by atoms with Crippen molar-refractivity contribution in [1.29, 1.82) is 0 Å². The summed E-state index contributed by atoms with van der Waals surface area (Å²) in [6.45, 7) is 8.79. The molecule has 0 aromatic heterocycles. The summed E-state index contributed by atoms with van der Waals surface area (Å²) in [5, 5.41) is 0. The molecule has 20 heavy (non-hydrogen) atoms. The molecule has 1 nitrogen and oxygen atoms in total. The molecule has 0 heterocycles. The lowest BCUT2D eigenvalue weighted by atomic mass is 9.87. The Hall–Kier alpha value is -0.0700. The van der Waals surface area contributed by atoms with E-state index >= 15 is 0 Å². The van der Waals surface area contributed by atoms with E-state index < -0.39 is 11.0 Å². The molecule has 0 saturated carbocycles. The highest BCUT2D eigenvalue weighted by Crippen LogP contribution is 2.24. The van der Waals surface area contributed by atoms with Gasteiger partial charge in [-0.2, -0.15) is 13.2 Å². The maximum Gasteiger partial charge on any atom is 0.422 e. The van der Waals surface area contributed by atoms with Gasteiger partial charge in [0.2, 0.25) is 0 Å². The van der Waals surface area contributed by atoms with Crippen LogP contribution in [0.3, 0.4) is 0 Å². The van der Waals surface area contributed by atoms with Crippen LogP contribution < -0.4 is 0 Å². The van der Waals surface area contributed by atoms with Gasteiger partial charge < -0.3 is 4.74 Å². The predicted octanol–water partition coefficient (Wildman–Crippen LogP) is 5.16. The fourth-order valence-electron chi connectivity index (χ4n) is 1.90. The zero-order chi connectivity index (χ0) is 15.9. The zero-order valence-corrected chi connectivity index (χ0v) is 14.1. The number of thiocarbonyl (C=S) groups is 2. The third-order valence-electron chi connectivity index (χ3n) is 3.62. The molecule has 118 valence electrons. The summed E-state index contributed by atoms with van der Waals surface area (Å²) in [5.41, 5.74) is 0. The van der Waals surface area contributed by atoms with E-state index in [0.29, 0.717) is 29.7 Å². The first kappa shape index (κ1) is 19.9. The molecule has 0 amide bonds. The van der Waals surface area contributed by atoms with E-state index in [-0.39, 0.29) is 12.5 Å². The van der Waals surface area contributed by atoms with Gasteiger partial charge >= 0.3 is 6.18 Å². The van der Waals surface area contributed by atoms with Crippen LogP contribution in [0.4, 0.5) is 13.2 Å². The summed E-state index contributed by atoms with van der Waals surface area (Å²) < 4.78 is 42.5. The van der Waals surface area contributed by atoms with Crippen molar-refractivity contribution in [1.82, 2.24) is 0 Å². The van der Waals surface area contributed by atoms with E-state index in [1.165, 1.54) is 0 Å². The monoisotopic (exact) mass is 328 g/mol. The highest BCUT2D eigenvalue weighted by Gasteiger charge is 2.34. The Kier molecular flexibility index (Phi) is 9.02.